The van der Waals surface area contributed by atoms with Crippen LogP contribution in [-0.4, -0.2) is 242 Å². The van der Waals surface area contributed by atoms with E-state index in [0.29, 0.717) is 24.0 Å². The van der Waals surface area contributed by atoms with Gasteiger partial charge in [0.25, 0.3) is 0 Å². The zero-order valence-electron chi connectivity index (χ0n) is 65.0. The van der Waals surface area contributed by atoms with Crippen LogP contribution >= 0.6 is 0 Å². The molecule has 3 fully saturated rings. The Bertz CT molecular complexity index is 3670. The van der Waals surface area contributed by atoms with E-state index in [1.54, 1.807) is 71.9 Å². The van der Waals surface area contributed by atoms with Crippen LogP contribution < -0.4 is 76.1 Å². The van der Waals surface area contributed by atoms with Gasteiger partial charge < -0.3 is 106 Å². The number of guanidine groups is 1. The number of nitrogens with zero attached hydrogens (tertiary/aromatic N) is 4. The largest absolute Gasteiger partial charge is 0.508 e. The summed E-state index contributed by atoms with van der Waals surface area (Å²) in [5.41, 5.74) is 23.8. The number of phenolic OH excluding ortho intramolecular Hbond substituents is 1. The summed E-state index contributed by atoms with van der Waals surface area (Å²) in [5.74, 6) is -15.6. The summed E-state index contributed by atoms with van der Waals surface area (Å²) in [5, 5.41) is 55.7. The number of carboxylic acids is 2. The zero-order chi connectivity index (χ0) is 83.2. The van der Waals surface area contributed by atoms with E-state index in [-0.39, 0.29) is 114 Å². The fourth-order valence-electron chi connectivity index (χ4n) is 13.4. The predicted octanol–water partition coefficient (Wildman–Crippen LogP) is -2.74. The number of carbonyl (C=O) groups is 16. The van der Waals surface area contributed by atoms with Crippen molar-refractivity contribution in [2.45, 2.75) is 231 Å². The maximum Gasteiger partial charge on any atom is 0.326 e. The first kappa shape index (κ1) is 91.6. The molecular formula is C75H114N18O19. The van der Waals surface area contributed by atoms with Crippen LogP contribution in [0.4, 0.5) is 0 Å². The molecule has 3 aliphatic rings. The molecule has 3 saturated heterocycles. The van der Waals surface area contributed by atoms with Crippen LogP contribution in [0.2, 0.25) is 0 Å². The van der Waals surface area contributed by atoms with Gasteiger partial charge in [0.15, 0.2) is 5.96 Å². The molecule has 618 valence electrons. The third-order valence-electron chi connectivity index (χ3n) is 19.4. The summed E-state index contributed by atoms with van der Waals surface area (Å²) < 4.78 is 0. The lowest BCUT2D eigenvalue weighted by atomic mass is 9.99. The first-order chi connectivity index (χ1) is 52.8. The van der Waals surface area contributed by atoms with E-state index in [2.05, 4.69) is 58.2 Å². The molecule has 37 nitrogen and oxygen atoms in total. The number of primary amides is 1. The number of rotatable bonds is 44. The van der Waals surface area contributed by atoms with Gasteiger partial charge in [0.1, 0.15) is 72.2 Å². The number of nitrogens with one attached hydrogen (secondary N) is 10. The van der Waals surface area contributed by atoms with E-state index in [0.717, 1.165) is 4.90 Å². The quantitative estimate of drug-likeness (QED) is 0.0182. The zero-order valence-corrected chi connectivity index (χ0v) is 65.0. The number of benzene rings is 2. The molecule has 0 spiro atoms. The van der Waals surface area contributed by atoms with Crippen molar-refractivity contribution in [3.8, 4) is 5.75 Å². The first-order valence-corrected chi connectivity index (χ1v) is 38.1. The van der Waals surface area contributed by atoms with Crippen molar-refractivity contribution >= 4 is 101 Å². The van der Waals surface area contributed by atoms with Crippen molar-refractivity contribution in [2.75, 3.05) is 39.3 Å². The monoisotopic (exact) mass is 1570 g/mol. The van der Waals surface area contributed by atoms with Crippen molar-refractivity contribution < 1.29 is 92.0 Å². The Hall–Kier alpha value is -11.0. The first-order valence-electron chi connectivity index (χ1n) is 38.1. The third-order valence-corrected chi connectivity index (χ3v) is 19.4. The fraction of sp³-hybridized carbons (Fsp3) is 0.613. The molecule has 0 aromatic heterocycles. The van der Waals surface area contributed by atoms with Gasteiger partial charge in [-0.2, -0.15) is 0 Å². The lowest BCUT2D eigenvalue weighted by molar-refractivity contribution is -0.144. The average molecular weight is 1570 g/mol. The highest BCUT2D eigenvalue weighted by Gasteiger charge is 2.43. The molecule has 21 N–H and O–H groups in total. The molecule has 0 radical (unpaired) electrons. The fourth-order valence-corrected chi connectivity index (χ4v) is 13.4. The van der Waals surface area contributed by atoms with E-state index in [9.17, 15) is 92.0 Å². The maximum absolute atomic E-state index is 14.6. The van der Waals surface area contributed by atoms with Crippen molar-refractivity contribution in [2.24, 2.45) is 51.6 Å². The molecule has 12 atom stereocenters. The number of nitrogens with two attached hydrogens (primary N) is 4. The van der Waals surface area contributed by atoms with Gasteiger partial charge in [0, 0.05) is 51.9 Å². The molecule has 0 bridgehead atoms. The Labute approximate surface area is 650 Å². The lowest BCUT2D eigenvalue weighted by Crippen LogP contribution is -2.60. The molecule has 5 rings (SSSR count). The van der Waals surface area contributed by atoms with Crippen LogP contribution in [0.3, 0.4) is 0 Å². The van der Waals surface area contributed by atoms with Gasteiger partial charge in [0.2, 0.25) is 82.7 Å². The minimum Gasteiger partial charge on any atom is -0.508 e. The van der Waals surface area contributed by atoms with Gasteiger partial charge in [0.05, 0.1) is 19.1 Å². The highest BCUT2D eigenvalue weighted by molar-refractivity contribution is 6.00. The average Bonchev–Trinajstić information content (AvgIpc) is 1.65. The summed E-state index contributed by atoms with van der Waals surface area (Å²) in [6.07, 6.45) is -0.368. The molecule has 0 saturated carbocycles. The number of phenols is 1. The normalized spacial score (nSPS) is 17.8. The van der Waals surface area contributed by atoms with Crippen LogP contribution in [-0.2, 0) is 89.6 Å². The third kappa shape index (κ3) is 29.3. The number of aliphatic carboxylic acids is 2. The van der Waals surface area contributed by atoms with Gasteiger partial charge in [-0.1, -0.05) is 97.9 Å². The highest BCUT2D eigenvalue weighted by Crippen LogP contribution is 2.24. The number of carboxylic acid groups (broad SMARTS) is 2. The lowest BCUT2D eigenvalue weighted by Gasteiger charge is -2.32. The van der Waals surface area contributed by atoms with Gasteiger partial charge in [-0.05, 0) is 124 Å². The van der Waals surface area contributed by atoms with E-state index in [1.807, 2.05) is 13.8 Å². The summed E-state index contributed by atoms with van der Waals surface area (Å²) in [4.78, 5) is 227. The molecule has 3 heterocycles. The molecule has 112 heavy (non-hydrogen) atoms. The number of likely N-dealkylation sites (tertiary alicyclic amines) is 3. The van der Waals surface area contributed by atoms with Crippen molar-refractivity contribution in [1.29, 1.82) is 0 Å². The Kier molecular flexibility index (Phi) is 36.6. The molecule has 37 heteroatoms. The second kappa shape index (κ2) is 44.7. The van der Waals surface area contributed by atoms with Crippen LogP contribution in [0.15, 0.2) is 59.6 Å². The minimum absolute atomic E-state index is 0.00235. The second-order valence-corrected chi connectivity index (χ2v) is 30.1. The topological polar surface area (TPSA) is 580 Å². The van der Waals surface area contributed by atoms with Crippen molar-refractivity contribution in [1.82, 2.24) is 67.9 Å². The molecular weight excluding hydrogens is 1460 g/mol. The summed E-state index contributed by atoms with van der Waals surface area (Å²) in [6, 6.07) is -1.23. The Morgan fingerprint density at radius 2 is 0.893 bits per heavy atom. The standard InChI is InChI=1S/C75H114N18O19/c1-40(2)34-47(76)63(100)86-52(36-45-22-24-46(94)25-23-45)67(104)83-49(26-28-57(77)95)66(103)85-50(27-29-60(98)99)73(110)93-33-15-21-56(93)70(107)90-62(43(7)8)72(109)87-51(35-41(3)4)65(102)82-39-59(97)92-32-14-20-55(92)69(106)89-61(42(5)6)71(108)84-48(18-12-30-80-75(78)79)64(101)81-38-58(96)91-31-13-19-54(91)68(105)88-53(74(111)112)37-44-16-10-9-11-17-44/h9-11,16-17,22-25,40-43,47-56,61-62,94H,12-15,18-21,26-39,76H2,1-8H3,(H2,77,95)(H,81,101)(H,82,102)(H,83,104)(H,84,108)(H,85,103)(H,86,100)(H,87,109)(H,88,105)(H,89,106)(H,90,107)(H,98,99)(H,111,112)(H4,78,79,80)/t47-,48-,49-,50-,51-,52-,53-,54-,55-,56-,61-,62-/m0/s1. The SMILES string of the molecule is CC(C)C[C@H](NC(=O)[C@@H](NC(=O)[C@@H]1CCCN1C(=O)[C@H](CCC(=O)O)NC(=O)[C@H](CCC(N)=O)NC(=O)[C@H](Cc1ccc(O)cc1)NC(=O)[C@@H](N)CC(C)C)C(C)C)C(=O)NCC(=O)N1CCC[C@H]1C(=O)N[C@H](C(=O)N[C@@H](CCCN=C(N)N)C(=O)NCC(=O)N1CCC[C@H]1C(=O)N[C@@H](Cc1ccccc1)C(=O)O)C(C)C. The van der Waals surface area contributed by atoms with Gasteiger partial charge in [-0.3, -0.25) is 76.9 Å². The highest BCUT2D eigenvalue weighted by atomic mass is 16.4. The number of amides is 14. The van der Waals surface area contributed by atoms with Crippen LogP contribution in [0.1, 0.15) is 156 Å². The molecule has 2 aromatic carbocycles. The second-order valence-electron chi connectivity index (χ2n) is 30.1. The maximum atomic E-state index is 14.6. The minimum atomic E-state index is -1.64. The molecule has 0 unspecified atom stereocenters. The van der Waals surface area contributed by atoms with Crippen LogP contribution in [0, 0.1) is 23.7 Å². The Morgan fingerprint density at radius 3 is 1.38 bits per heavy atom. The Morgan fingerprint density at radius 1 is 0.464 bits per heavy atom. The number of hydrogen-bond donors (Lipinski definition) is 17. The number of aromatic hydroxyl groups is 1. The van der Waals surface area contributed by atoms with Crippen molar-refractivity contribution in [3.05, 3.63) is 65.7 Å². The van der Waals surface area contributed by atoms with Crippen LogP contribution in [0.5, 0.6) is 5.75 Å². The smallest absolute Gasteiger partial charge is 0.326 e. The molecule has 3 aliphatic heterocycles. The van der Waals surface area contributed by atoms with E-state index in [1.165, 1.54) is 34.1 Å². The predicted molar refractivity (Wildman–Crippen MR) is 407 cm³/mol. The molecule has 14 amide bonds. The van der Waals surface area contributed by atoms with E-state index < -0.39 is 218 Å². The summed E-state index contributed by atoms with van der Waals surface area (Å²) in [7, 11) is 0. The van der Waals surface area contributed by atoms with E-state index >= 15 is 0 Å². The Balaban J connectivity index is 1.22. The summed E-state index contributed by atoms with van der Waals surface area (Å²) in [6.45, 7) is 12.7. The number of hydrogen-bond acceptors (Lipinski definition) is 19. The van der Waals surface area contributed by atoms with Gasteiger partial charge in [-0.15, -0.1) is 0 Å². The number of aliphatic imine (C=N–C) groups is 1. The number of carbonyl (C=O) groups excluding carboxylic acids is 14. The van der Waals surface area contributed by atoms with E-state index in [4.69, 9.17) is 22.9 Å². The summed E-state index contributed by atoms with van der Waals surface area (Å²) >= 11 is 0. The van der Waals surface area contributed by atoms with Gasteiger partial charge >= 0.3 is 11.9 Å². The van der Waals surface area contributed by atoms with Crippen LogP contribution in [0.25, 0.3) is 0 Å². The van der Waals surface area contributed by atoms with Crippen molar-refractivity contribution in [3.63, 3.8) is 0 Å². The molecule has 2 aromatic rings. The van der Waals surface area contributed by atoms with Gasteiger partial charge in [-0.25, -0.2) is 4.79 Å². The molecule has 0 aliphatic carbocycles.